The van der Waals surface area contributed by atoms with E-state index in [9.17, 15) is 14.0 Å². The maximum Gasteiger partial charge on any atom is 0.325 e. The van der Waals surface area contributed by atoms with Crippen molar-refractivity contribution in [3.8, 4) is 5.69 Å². The number of para-hydroxylation sites is 1. The number of aryl methyl sites for hydroxylation is 2. The molecule has 3 amide bonds. The number of nitrogens with zero attached hydrogens (tertiary/aromatic N) is 4. The summed E-state index contributed by atoms with van der Waals surface area (Å²) in [6.45, 7) is 3.99. The number of hydrogen-bond donors (Lipinski definition) is 2. The van der Waals surface area contributed by atoms with Crippen LogP contribution in [0.2, 0.25) is 0 Å². The largest absolute Gasteiger partial charge is 0.325 e. The van der Waals surface area contributed by atoms with E-state index in [4.69, 9.17) is 0 Å². The van der Waals surface area contributed by atoms with Crippen LogP contribution in [0.1, 0.15) is 11.1 Å². The van der Waals surface area contributed by atoms with Crippen molar-refractivity contribution in [3.05, 3.63) is 59.4 Å². The van der Waals surface area contributed by atoms with Gasteiger partial charge in [-0.1, -0.05) is 30.0 Å². The number of benzene rings is 2. The van der Waals surface area contributed by atoms with Crippen LogP contribution < -0.4 is 10.6 Å². The molecular weight excluding hydrogens is 383 g/mol. The van der Waals surface area contributed by atoms with Crippen LogP contribution in [0, 0.1) is 19.7 Å². The summed E-state index contributed by atoms with van der Waals surface area (Å²) >= 11 is 1.08. The zero-order valence-electron chi connectivity index (χ0n) is 15.1. The third-order valence-corrected chi connectivity index (χ3v) is 4.80. The number of hydrogen-bond acceptors (Lipinski definition) is 6. The fraction of sp³-hybridized carbons (Fsp3) is 0.167. The lowest BCUT2D eigenvalue weighted by molar-refractivity contribution is -0.117. The number of carbonyl (C=O) groups is 2. The molecule has 0 aliphatic carbocycles. The van der Waals surface area contributed by atoms with E-state index < -0.39 is 17.8 Å². The highest BCUT2D eigenvalue weighted by Gasteiger charge is 2.14. The molecule has 10 heteroatoms. The van der Waals surface area contributed by atoms with E-state index in [2.05, 4.69) is 26.2 Å². The number of halogens is 1. The highest BCUT2D eigenvalue weighted by Crippen LogP contribution is 2.20. The number of urea groups is 1. The van der Waals surface area contributed by atoms with Crippen LogP contribution in [0.3, 0.4) is 0 Å². The molecule has 1 aromatic heterocycles. The van der Waals surface area contributed by atoms with Gasteiger partial charge in [0.15, 0.2) is 0 Å². The van der Waals surface area contributed by atoms with Crippen molar-refractivity contribution in [2.24, 2.45) is 0 Å². The minimum atomic E-state index is -0.815. The van der Waals surface area contributed by atoms with E-state index in [1.54, 1.807) is 6.07 Å². The molecule has 1 heterocycles. The number of aromatic nitrogens is 4. The molecule has 0 aliphatic heterocycles. The summed E-state index contributed by atoms with van der Waals surface area (Å²) in [6.07, 6.45) is 0. The number of nitrogens with one attached hydrogen (secondary N) is 2. The van der Waals surface area contributed by atoms with Gasteiger partial charge in [0.1, 0.15) is 5.82 Å². The molecular formula is C18H17FN6O2S. The summed E-state index contributed by atoms with van der Waals surface area (Å²) in [4.78, 5) is 23.8. The number of thioether (sulfide) groups is 1. The zero-order valence-corrected chi connectivity index (χ0v) is 16.0. The Morgan fingerprint density at radius 3 is 2.68 bits per heavy atom. The average molecular weight is 400 g/mol. The summed E-state index contributed by atoms with van der Waals surface area (Å²) < 4.78 is 15.0. The Morgan fingerprint density at radius 1 is 1.14 bits per heavy atom. The molecule has 0 fully saturated rings. The predicted molar refractivity (Wildman–Crippen MR) is 103 cm³/mol. The summed E-state index contributed by atoms with van der Waals surface area (Å²) in [7, 11) is 0. The monoisotopic (exact) mass is 400 g/mol. The summed E-state index contributed by atoms with van der Waals surface area (Å²) in [6, 6.07) is 10.6. The molecule has 2 aromatic carbocycles. The molecule has 2 N–H and O–H groups in total. The molecule has 0 aliphatic rings. The number of amides is 3. The number of tetrazole rings is 1. The lowest BCUT2D eigenvalue weighted by Crippen LogP contribution is -2.35. The molecule has 8 nitrogen and oxygen atoms in total. The van der Waals surface area contributed by atoms with Crippen LogP contribution in [0.5, 0.6) is 0 Å². The molecule has 0 spiro atoms. The van der Waals surface area contributed by atoms with E-state index in [0.29, 0.717) is 5.16 Å². The minimum Gasteiger partial charge on any atom is -0.305 e. The number of anilines is 1. The lowest BCUT2D eigenvalue weighted by Gasteiger charge is -2.08. The topological polar surface area (TPSA) is 102 Å². The van der Waals surface area contributed by atoms with Gasteiger partial charge in [0.05, 0.1) is 17.1 Å². The van der Waals surface area contributed by atoms with E-state index in [1.807, 2.05) is 32.0 Å². The third-order valence-electron chi connectivity index (χ3n) is 3.88. The molecule has 0 saturated carbocycles. The first-order valence-electron chi connectivity index (χ1n) is 8.28. The van der Waals surface area contributed by atoms with Gasteiger partial charge in [-0.25, -0.2) is 9.18 Å². The van der Waals surface area contributed by atoms with Crippen molar-refractivity contribution in [2.45, 2.75) is 19.0 Å². The fourth-order valence-corrected chi connectivity index (χ4v) is 2.99. The predicted octanol–water partition coefficient (Wildman–Crippen LogP) is 2.86. The van der Waals surface area contributed by atoms with Gasteiger partial charge in [0.2, 0.25) is 11.1 Å². The standard InChI is InChI=1S/C18H17FN6O2S/c1-11-7-8-13(9-12(11)2)25-18(22-23-24-25)28-10-16(26)21-17(27)20-15-6-4-3-5-14(15)19/h3-9H,10H2,1-2H3,(H2,20,21,26,27). The average Bonchev–Trinajstić information content (AvgIpc) is 3.13. The van der Waals surface area contributed by atoms with Crippen molar-refractivity contribution in [1.29, 1.82) is 0 Å². The van der Waals surface area contributed by atoms with Crippen LogP contribution >= 0.6 is 11.8 Å². The first-order chi connectivity index (χ1) is 13.4. The van der Waals surface area contributed by atoms with Gasteiger partial charge in [-0.15, -0.1) is 5.10 Å². The SMILES string of the molecule is Cc1ccc(-n2nnnc2SCC(=O)NC(=O)Nc2ccccc2F)cc1C. The van der Waals surface area contributed by atoms with Crippen molar-refractivity contribution in [2.75, 3.05) is 11.1 Å². The normalized spacial score (nSPS) is 10.5. The minimum absolute atomic E-state index is 0.0147. The Morgan fingerprint density at radius 2 is 1.93 bits per heavy atom. The van der Waals surface area contributed by atoms with Crippen LogP contribution in [0.25, 0.3) is 5.69 Å². The van der Waals surface area contributed by atoms with Crippen molar-refractivity contribution < 1.29 is 14.0 Å². The number of rotatable bonds is 5. The summed E-state index contributed by atoms with van der Waals surface area (Å²) in [5, 5.41) is 16.3. The first-order valence-corrected chi connectivity index (χ1v) is 9.27. The van der Waals surface area contributed by atoms with Gasteiger partial charge in [-0.05, 0) is 59.7 Å². The Hall–Kier alpha value is -3.27. The Labute approximate surface area is 164 Å². The Kier molecular flexibility index (Phi) is 5.99. The number of carbonyl (C=O) groups excluding carboxylic acids is 2. The second kappa shape index (κ2) is 8.61. The molecule has 144 valence electrons. The molecule has 3 aromatic rings. The van der Waals surface area contributed by atoms with Crippen LogP contribution in [0.15, 0.2) is 47.6 Å². The highest BCUT2D eigenvalue weighted by atomic mass is 32.2. The summed E-state index contributed by atoms with van der Waals surface area (Å²) in [5.41, 5.74) is 2.99. The smallest absolute Gasteiger partial charge is 0.305 e. The number of imide groups is 1. The van der Waals surface area contributed by atoms with Gasteiger partial charge < -0.3 is 5.32 Å². The maximum absolute atomic E-state index is 13.5. The molecule has 0 atom stereocenters. The Bertz CT molecular complexity index is 1020. The van der Waals surface area contributed by atoms with Crippen LogP contribution in [-0.4, -0.2) is 37.9 Å². The van der Waals surface area contributed by atoms with Gasteiger partial charge in [0.25, 0.3) is 0 Å². The van der Waals surface area contributed by atoms with Gasteiger partial charge in [-0.2, -0.15) is 4.68 Å². The van der Waals surface area contributed by atoms with Gasteiger partial charge in [0, 0.05) is 0 Å². The molecule has 0 bridgehead atoms. The van der Waals surface area contributed by atoms with Crippen molar-refractivity contribution in [1.82, 2.24) is 25.5 Å². The fourth-order valence-electron chi connectivity index (χ4n) is 2.30. The highest BCUT2D eigenvalue weighted by molar-refractivity contribution is 7.99. The Balaban J connectivity index is 1.58. The van der Waals surface area contributed by atoms with E-state index in [0.717, 1.165) is 28.6 Å². The van der Waals surface area contributed by atoms with Crippen LogP contribution in [-0.2, 0) is 4.79 Å². The zero-order chi connectivity index (χ0) is 20.1. The van der Waals surface area contributed by atoms with Gasteiger partial charge in [-0.3, -0.25) is 10.1 Å². The third kappa shape index (κ3) is 4.71. The summed E-state index contributed by atoms with van der Waals surface area (Å²) in [5.74, 6) is -1.24. The quantitative estimate of drug-likeness (QED) is 0.639. The maximum atomic E-state index is 13.5. The second-order valence-electron chi connectivity index (χ2n) is 5.91. The molecule has 3 rings (SSSR count). The van der Waals surface area contributed by atoms with Gasteiger partial charge >= 0.3 is 6.03 Å². The second-order valence-corrected chi connectivity index (χ2v) is 6.86. The van der Waals surface area contributed by atoms with Crippen molar-refractivity contribution >= 4 is 29.4 Å². The molecule has 0 saturated heterocycles. The molecule has 0 unspecified atom stereocenters. The van der Waals surface area contributed by atoms with E-state index in [1.165, 1.54) is 22.9 Å². The van der Waals surface area contributed by atoms with Crippen molar-refractivity contribution in [3.63, 3.8) is 0 Å². The molecule has 0 radical (unpaired) electrons. The lowest BCUT2D eigenvalue weighted by atomic mass is 10.1. The molecule has 28 heavy (non-hydrogen) atoms. The van der Waals surface area contributed by atoms with E-state index in [-0.39, 0.29) is 11.4 Å². The first kappa shape index (κ1) is 19.5. The van der Waals surface area contributed by atoms with Crippen LogP contribution in [0.4, 0.5) is 14.9 Å². The van der Waals surface area contributed by atoms with E-state index >= 15 is 0 Å².